The molecule has 0 aromatic heterocycles. The quantitative estimate of drug-likeness (QED) is 0.439. The minimum atomic E-state index is -0.0610. The van der Waals surface area contributed by atoms with E-state index in [0.29, 0.717) is 22.9 Å². The maximum absolute atomic E-state index is 12.6. The van der Waals surface area contributed by atoms with E-state index in [9.17, 15) is 9.90 Å². The molecular formula is C25H25Cl2NO2. The maximum atomic E-state index is 12.6. The summed E-state index contributed by atoms with van der Waals surface area (Å²) in [4.78, 5) is 12.6. The van der Waals surface area contributed by atoms with Crippen LogP contribution >= 0.6 is 23.2 Å². The molecule has 0 aliphatic carbocycles. The summed E-state index contributed by atoms with van der Waals surface area (Å²) in [5.41, 5.74) is 3.30. The Kier molecular flexibility index (Phi) is 7.78. The predicted molar refractivity (Wildman–Crippen MR) is 123 cm³/mol. The summed E-state index contributed by atoms with van der Waals surface area (Å²) in [6.07, 6.45) is 1.79. The Morgan fingerprint density at radius 3 is 2.00 bits per heavy atom. The predicted octanol–water partition coefficient (Wildman–Crippen LogP) is 6.16. The van der Waals surface area contributed by atoms with Crippen LogP contribution in [-0.2, 0) is 17.6 Å². The molecule has 0 heterocycles. The van der Waals surface area contributed by atoms with E-state index in [1.165, 1.54) is 0 Å². The lowest BCUT2D eigenvalue weighted by Gasteiger charge is -2.26. The molecule has 5 heteroatoms. The molecule has 3 aromatic rings. The van der Waals surface area contributed by atoms with Crippen molar-refractivity contribution < 1.29 is 9.90 Å². The molecule has 0 spiro atoms. The van der Waals surface area contributed by atoms with Crippen LogP contribution in [0, 0.1) is 0 Å². The molecule has 2 N–H and O–H groups in total. The summed E-state index contributed by atoms with van der Waals surface area (Å²) < 4.78 is 0. The smallest absolute Gasteiger partial charge is 0.220 e. The Balaban J connectivity index is 1.68. The summed E-state index contributed by atoms with van der Waals surface area (Å²) in [7, 11) is 0. The molecule has 30 heavy (non-hydrogen) atoms. The summed E-state index contributed by atoms with van der Waals surface area (Å²) in [6.45, 7) is 2.04. The summed E-state index contributed by atoms with van der Waals surface area (Å²) in [5.74, 6) is 0.330. The van der Waals surface area contributed by atoms with Crippen molar-refractivity contribution in [3.05, 3.63) is 99.5 Å². The second-order valence-electron chi connectivity index (χ2n) is 7.51. The van der Waals surface area contributed by atoms with Crippen molar-refractivity contribution in [2.45, 2.75) is 38.1 Å². The fourth-order valence-corrected chi connectivity index (χ4v) is 3.77. The molecule has 0 aliphatic heterocycles. The number of phenolic OH excluding ortho intramolecular Hbond substituents is 1. The van der Waals surface area contributed by atoms with E-state index in [2.05, 4.69) is 5.32 Å². The van der Waals surface area contributed by atoms with Crippen molar-refractivity contribution in [1.82, 2.24) is 5.32 Å². The van der Waals surface area contributed by atoms with Crippen LogP contribution in [-0.4, -0.2) is 17.1 Å². The number of aryl methyl sites for hydroxylation is 1. The highest BCUT2D eigenvalue weighted by atomic mass is 35.5. The Morgan fingerprint density at radius 2 is 1.40 bits per heavy atom. The molecule has 156 valence electrons. The molecule has 0 unspecified atom stereocenters. The van der Waals surface area contributed by atoms with Crippen molar-refractivity contribution in [3.63, 3.8) is 0 Å². The van der Waals surface area contributed by atoms with Gasteiger partial charge in [-0.2, -0.15) is 0 Å². The highest BCUT2D eigenvalue weighted by molar-refractivity contribution is 6.30. The van der Waals surface area contributed by atoms with E-state index in [1.807, 2.05) is 67.6 Å². The van der Waals surface area contributed by atoms with Crippen molar-refractivity contribution in [2.24, 2.45) is 0 Å². The molecule has 2 atom stereocenters. The number of carbonyl (C=O) groups excluding carboxylic acids is 1. The fraction of sp³-hybridized carbons (Fsp3) is 0.240. The number of hydrogen-bond donors (Lipinski definition) is 2. The fourth-order valence-electron chi connectivity index (χ4n) is 3.51. The van der Waals surface area contributed by atoms with Gasteiger partial charge in [0.15, 0.2) is 0 Å². The third-order valence-corrected chi connectivity index (χ3v) is 5.74. The lowest BCUT2D eigenvalue weighted by molar-refractivity contribution is -0.121. The average Bonchev–Trinajstić information content (AvgIpc) is 2.73. The zero-order chi connectivity index (χ0) is 21.5. The first-order valence-corrected chi connectivity index (χ1v) is 10.7. The normalized spacial score (nSPS) is 12.9. The number of aromatic hydroxyl groups is 1. The lowest BCUT2D eigenvalue weighted by Crippen LogP contribution is -2.38. The minimum absolute atomic E-state index is 0.00523. The van der Waals surface area contributed by atoms with Crippen molar-refractivity contribution in [1.29, 1.82) is 0 Å². The van der Waals surface area contributed by atoms with Crippen LogP contribution in [0.2, 0.25) is 10.0 Å². The third kappa shape index (κ3) is 6.51. The third-order valence-electron chi connectivity index (χ3n) is 5.24. The van der Waals surface area contributed by atoms with E-state index in [0.717, 1.165) is 23.1 Å². The first kappa shape index (κ1) is 22.2. The van der Waals surface area contributed by atoms with Gasteiger partial charge in [-0.15, -0.1) is 0 Å². The van der Waals surface area contributed by atoms with Gasteiger partial charge in [0.05, 0.1) is 0 Å². The lowest BCUT2D eigenvalue weighted by atomic mass is 9.86. The van der Waals surface area contributed by atoms with Crippen molar-refractivity contribution in [2.75, 3.05) is 0 Å². The molecule has 1 amide bonds. The minimum Gasteiger partial charge on any atom is -0.508 e. The number of rotatable bonds is 8. The number of nitrogens with one attached hydrogen (secondary N) is 1. The zero-order valence-electron chi connectivity index (χ0n) is 16.8. The van der Waals surface area contributed by atoms with E-state index in [-0.39, 0.29) is 23.6 Å². The summed E-state index contributed by atoms with van der Waals surface area (Å²) >= 11 is 12.1. The van der Waals surface area contributed by atoms with Crippen LogP contribution in [0.3, 0.4) is 0 Å². The summed E-state index contributed by atoms with van der Waals surface area (Å²) in [5, 5.41) is 13.9. The Hall–Kier alpha value is -2.49. The largest absolute Gasteiger partial charge is 0.508 e. The van der Waals surface area contributed by atoms with Gasteiger partial charge < -0.3 is 10.4 Å². The first-order chi connectivity index (χ1) is 14.4. The van der Waals surface area contributed by atoms with Gasteiger partial charge in [-0.25, -0.2) is 0 Å². The molecule has 3 aromatic carbocycles. The highest BCUT2D eigenvalue weighted by Gasteiger charge is 2.21. The second-order valence-corrected chi connectivity index (χ2v) is 8.38. The zero-order valence-corrected chi connectivity index (χ0v) is 18.3. The monoisotopic (exact) mass is 441 g/mol. The number of carbonyl (C=O) groups is 1. The van der Waals surface area contributed by atoms with Crippen LogP contribution in [0.5, 0.6) is 5.75 Å². The standard InChI is InChI=1S/C25H25Cl2NO2/c1-17(28-25(30)15-6-18-4-13-23(29)14-5-18)24(20-7-11-22(27)12-8-20)16-19-2-9-21(26)10-3-19/h2-5,7-14,17,24,29H,6,15-16H2,1H3,(H,28,30)/t17-,24+/m1/s1. The molecule has 0 radical (unpaired) electrons. The number of halogens is 2. The SMILES string of the molecule is C[C@@H](NC(=O)CCc1ccc(O)cc1)[C@H](Cc1ccc(Cl)cc1)c1ccc(Cl)cc1. The van der Waals surface area contributed by atoms with E-state index >= 15 is 0 Å². The topological polar surface area (TPSA) is 49.3 Å². The number of benzene rings is 3. The van der Waals surface area contributed by atoms with E-state index in [4.69, 9.17) is 23.2 Å². The van der Waals surface area contributed by atoms with Crippen molar-refractivity contribution >= 4 is 29.1 Å². The molecule has 0 saturated heterocycles. The van der Waals surface area contributed by atoms with Crippen LogP contribution in [0.4, 0.5) is 0 Å². The van der Waals surface area contributed by atoms with Crippen LogP contribution in [0.1, 0.15) is 36.0 Å². The van der Waals surface area contributed by atoms with Gasteiger partial charge >= 0.3 is 0 Å². The second kappa shape index (κ2) is 10.5. The molecule has 0 saturated carbocycles. The average molecular weight is 442 g/mol. The molecule has 0 aliphatic rings. The molecule has 0 bridgehead atoms. The van der Waals surface area contributed by atoms with Crippen LogP contribution < -0.4 is 5.32 Å². The van der Waals surface area contributed by atoms with E-state index < -0.39 is 0 Å². The van der Waals surface area contributed by atoms with E-state index in [1.54, 1.807) is 12.1 Å². The first-order valence-electron chi connectivity index (χ1n) is 9.98. The number of amides is 1. The number of hydrogen-bond acceptors (Lipinski definition) is 2. The van der Waals surface area contributed by atoms with Gasteiger partial charge in [0.25, 0.3) is 0 Å². The van der Waals surface area contributed by atoms with Gasteiger partial charge in [0.2, 0.25) is 5.91 Å². The molecule has 3 rings (SSSR count). The highest BCUT2D eigenvalue weighted by Crippen LogP contribution is 2.27. The Labute approximate surface area is 187 Å². The number of phenols is 1. The maximum Gasteiger partial charge on any atom is 0.220 e. The van der Waals surface area contributed by atoms with Gasteiger partial charge in [-0.05, 0) is 72.9 Å². The van der Waals surface area contributed by atoms with Gasteiger partial charge in [-0.3, -0.25) is 4.79 Å². The molecule has 3 nitrogen and oxygen atoms in total. The molecule has 0 fully saturated rings. The van der Waals surface area contributed by atoms with Gasteiger partial charge in [0.1, 0.15) is 5.75 Å². The Bertz CT molecular complexity index is 954. The van der Waals surface area contributed by atoms with Crippen LogP contribution in [0.25, 0.3) is 0 Å². The van der Waals surface area contributed by atoms with Gasteiger partial charge in [-0.1, -0.05) is 59.6 Å². The van der Waals surface area contributed by atoms with Gasteiger partial charge in [0, 0.05) is 28.4 Å². The van der Waals surface area contributed by atoms with Crippen molar-refractivity contribution in [3.8, 4) is 5.75 Å². The van der Waals surface area contributed by atoms with Crippen LogP contribution in [0.15, 0.2) is 72.8 Å². The molecular weight excluding hydrogens is 417 g/mol. The summed E-state index contributed by atoms with van der Waals surface area (Å²) in [6, 6.07) is 22.5. The Morgan fingerprint density at radius 1 is 0.867 bits per heavy atom.